The van der Waals surface area contributed by atoms with E-state index in [1.807, 2.05) is 41.9 Å². The minimum Gasteiger partial charge on any atom is -0.319 e. The van der Waals surface area contributed by atoms with Gasteiger partial charge in [-0.15, -0.1) is 0 Å². The maximum absolute atomic E-state index is 12.9. The number of hydrogen-bond donors (Lipinski definition) is 0. The minimum atomic E-state index is -0.639. The van der Waals surface area contributed by atoms with E-state index in [0.29, 0.717) is 4.80 Å². The molecule has 0 bridgehead atoms. The molecule has 160 valence electrons. The van der Waals surface area contributed by atoms with Crippen LogP contribution < -0.4 is 4.80 Å². The molecule has 0 radical (unpaired) electrons. The van der Waals surface area contributed by atoms with E-state index in [1.165, 1.54) is 40.7 Å². The highest BCUT2D eigenvalue weighted by molar-refractivity contribution is 7.13. The van der Waals surface area contributed by atoms with Crippen LogP contribution in [0.3, 0.4) is 0 Å². The fourth-order valence-corrected chi connectivity index (χ4v) is 4.66. The van der Waals surface area contributed by atoms with Gasteiger partial charge in [0.15, 0.2) is 4.80 Å². The minimum absolute atomic E-state index is 0.0279. The first-order valence-electron chi connectivity index (χ1n) is 10.0. The summed E-state index contributed by atoms with van der Waals surface area (Å²) in [5.41, 5.74) is 5.06. The van der Waals surface area contributed by atoms with Gasteiger partial charge >= 0.3 is 0 Å². The van der Waals surface area contributed by atoms with Gasteiger partial charge in [-0.05, 0) is 48.2 Å². The molecule has 0 N–H and O–H groups in total. The molecule has 0 aliphatic heterocycles. The van der Waals surface area contributed by atoms with E-state index in [-0.39, 0.29) is 11.3 Å². The summed E-state index contributed by atoms with van der Waals surface area (Å²) in [6, 6.07) is 22.1. The zero-order chi connectivity index (χ0) is 22.8. The Balaban J connectivity index is 1.93. The van der Waals surface area contributed by atoms with Crippen LogP contribution >= 0.6 is 11.3 Å². The van der Waals surface area contributed by atoms with Crippen LogP contribution in [0, 0.1) is 24.0 Å². The molecule has 0 saturated heterocycles. The van der Waals surface area contributed by atoms with E-state index in [4.69, 9.17) is 0 Å². The van der Waals surface area contributed by atoms with Crippen LogP contribution in [0.25, 0.3) is 21.7 Å². The summed E-state index contributed by atoms with van der Waals surface area (Å²) in [6.45, 7) is 4.13. The zero-order valence-corrected chi connectivity index (χ0v) is 18.7. The van der Waals surface area contributed by atoms with Crippen molar-refractivity contribution in [1.29, 1.82) is 0 Å². The first-order chi connectivity index (χ1) is 15.4. The van der Waals surface area contributed by atoms with Gasteiger partial charge in [-0.3, -0.25) is 14.9 Å². The summed E-state index contributed by atoms with van der Waals surface area (Å²) < 4.78 is 1.88. The number of thiazole rings is 1. The fraction of sp³-hybridized carbons (Fsp3) is 0.120. The van der Waals surface area contributed by atoms with E-state index < -0.39 is 10.8 Å². The number of aromatic nitrogens is 1. The number of rotatable bonds is 4. The maximum atomic E-state index is 12.9. The topological polar surface area (TPSA) is 77.5 Å². The van der Waals surface area contributed by atoms with Crippen molar-refractivity contribution in [3.05, 3.63) is 104 Å². The largest absolute Gasteiger partial charge is 0.319 e. The summed E-state index contributed by atoms with van der Waals surface area (Å²) in [5, 5.41) is 11.3. The predicted molar refractivity (Wildman–Crippen MR) is 127 cm³/mol. The van der Waals surface area contributed by atoms with E-state index >= 15 is 0 Å². The Bertz CT molecular complexity index is 1400. The van der Waals surface area contributed by atoms with Gasteiger partial charge in [-0.2, -0.15) is 4.99 Å². The molecule has 7 heteroatoms. The van der Waals surface area contributed by atoms with Gasteiger partial charge in [0.1, 0.15) is 5.56 Å². The van der Waals surface area contributed by atoms with Crippen LogP contribution in [0.4, 0.5) is 5.69 Å². The molecule has 0 atom stereocenters. The van der Waals surface area contributed by atoms with E-state index in [2.05, 4.69) is 37.0 Å². The molecule has 0 spiro atoms. The first-order valence-corrected chi connectivity index (χ1v) is 10.8. The van der Waals surface area contributed by atoms with Crippen LogP contribution in [0.1, 0.15) is 21.5 Å². The van der Waals surface area contributed by atoms with E-state index in [0.717, 1.165) is 21.7 Å². The molecular weight excluding hydrogens is 422 g/mol. The number of carbonyl (C=O) groups is 1. The van der Waals surface area contributed by atoms with Gasteiger partial charge < -0.3 is 4.57 Å². The van der Waals surface area contributed by atoms with Crippen molar-refractivity contribution in [2.24, 2.45) is 12.0 Å². The molecule has 3 aromatic carbocycles. The second kappa shape index (κ2) is 8.72. The lowest BCUT2D eigenvalue weighted by atomic mass is 10.0. The van der Waals surface area contributed by atoms with Crippen LogP contribution in [0.15, 0.2) is 77.8 Å². The second-order valence-corrected chi connectivity index (χ2v) is 8.46. The number of benzene rings is 3. The van der Waals surface area contributed by atoms with Crippen molar-refractivity contribution in [3.8, 4) is 21.7 Å². The number of para-hydroxylation sites is 1. The number of nitrogens with zero attached hydrogens (tertiary/aromatic N) is 3. The monoisotopic (exact) mass is 443 g/mol. The van der Waals surface area contributed by atoms with E-state index in [1.54, 1.807) is 6.07 Å². The number of hydrogen-bond acceptors (Lipinski definition) is 4. The molecule has 0 saturated carbocycles. The smallest absolute Gasteiger partial charge is 0.286 e. The number of amides is 1. The van der Waals surface area contributed by atoms with Crippen LogP contribution in [-0.2, 0) is 7.05 Å². The lowest BCUT2D eigenvalue weighted by Crippen LogP contribution is -2.15. The lowest BCUT2D eigenvalue weighted by Gasteiger charge is -2.09. The van der Waals surface area contributed by atoms with Gasteiger partial charge in [-0.25, -0.2) is 0 Å². The third-order valence-corrected chi connectivity index (χ3v) is 6.56. The van der Waals surface area contributed by atoms with E-state index in [9.17, 15) is 14.9 Å². The Kier molecular flexibility index (Phi) is 5.83. The second-order valence-electron chi connectivity index (χ2n) is 7.48. The Morgan fingerprint density at radius 3 is 2.31 bits per heavy atom. The third-order valence-electron chi connectivity index (χ3n) is 5.38. The summed E-state index contributed by atoms with van der Waals surface area (Å²) in [5.74, 6) is -0.639. The Labute approximate surface area is 189 Å². The first kappa shape index (κ1) is 21.4. The van der Waals surface area contributed by atoms with Crippen molar-refractivity contribution in [3.63, 3.8) is 0 Å². The van der Waals surface area contributed by atoms with Gasteiger partial charge in [-0.1, -0.05) is 65.9 Å². The summed E-state index contributed by atoms with van der Waals surface area (Å²) in [4.78, 5) is 29.4. The van der Waals surface area contributed by atoms with Gasteiger partial charge in [0.25, 0.3) is 11.6 Å². The van der Waals surface area contributed by atoms with Crippen LogP contribution in [-0.4, -0.2) is 15.4 Å². The molecule has 32 heavy (non-hydrogen) atoms. The molecule has 0 aliphatic rings. The Hall–Kier alpha value is -3.84. The Morgan fingerprint density at radius 1 is 0.938 bits per heavy atom. The highest BCUT2D eigenvalue weighted by Crippen LogP contribution is 2.35. The average molecular weight is 444 g/mol. The zero-order valence-electron chi connectivity index (χ0n) is 17.9. The molecule has 0 aliphatic carbocycles. The van der Waals surface area contributed by atoms with Gasteiger partial charge in [0.2, 0.25) is 0 Å². The standard InChI is InChI=1S/C25H21N3O3S/c1-16-13-14-19(15-17(16)2)22-23(18-9-5-4-6-10-18)32-25(27(22)3)26-24(29)20-11-7-8-12-21(20)28(30)31/h4-15H,1-3H3. The van der Waals surface area contributed by atoms with Crippen molar-refractivity contribution >= 4 is 22.9 Å². The van der Waals surface area contributed by atoms with Gasteiger partial charge in [0.05, 0.1) is 15.5 Å². The molecule has 4 rings (SSSR count). The molecular formula is C25H21N3O3S. The molecule has 4 aromatic rings. The highest BCUT2D eigenvalue weighted by atomic mass is 32.1. The van der Waals surface area contributed by atoms with Crippen molar-refractivity contribution in [1.82, 2.24) is 4.57 Å². The van der Waals surface area contributed by atoms with Crippen molar-refractivity contribution in [2.45, 2.75) is 13.8 Å². The number of carbonyl (C=O) groups excluding carboxylic acids is 1. The molecule has 1 heterocycles. The SMILES string of the molecule is Cc1ccc(-c2c(-c3ccccc3)sc(=NC(=O)c3ccccc3[N+](=O)[O-])n2C)cc1C. The van der Waals surface area contributed by atoms with Crippen molar-refractivity contribution in [2.75, 3.05) is 0 Å². The van der Waals surface area contributed by atoms with Gasteiger partial charge in [0, 0.05) is 13.1 Å². The Morgan fingerprint density at radius 2 is 1.62 bits per heavy atom. The normalized spacial score (nSPS) is 11.5. The quantitative estimate of drug-likeness (QED) is 0.300. The van der Waals surface area contributed by atoms with Crippen LogP contribution in [0.5, 0.6) is 0 Å². The molecule has 6 nitrogen and oxygen atoms in total. The summed E-state index contributed by atoms with van der Waals surface area (Å²) in [6.07, 6.45) is 0. The molecule has 0 fully saturated rings. The average Bonchev–Trinajstić information content (AvgIpc) is 3.12. The lowest BCUT2D eigenvalue weighted by molar-refractivity contribution is -0.385. The maximum Gasteiger partial charge on any atom is 0.286 e. The third kappa shape index (κ3) is 4.02. The molecule has 1 aromatic heterocycles. The highest BCUT2D eigenvalue weighted by Gasteiger charge is 2.20. The molecule has 1 amide bonds. The van der Waals surface area contributed by atoms with Crippen molar-refractivity contribution < 1.29 is 9.72 Å². The van der Waals surface area contributed by atoms with Crippen LogP contribution in [0.2, 0.25) is 0 Å². The number of aryl methyl sites for hydroxylation is 2. The summed E-state index contributed by atoms with van der Waals surface area (Å²) >= 11 is 1.39. The fourth-order valence-electron chi connectivity index (χ4n) is 3.51. The molecule has 0 unspecified atom stereocenters. The summed E-state index contributed by atoms with van der Waals surface area (Å²) in [7, 11) is 1.86. The predicted octanol–water partition coefficient (Wildman–Crippen LogP) is 5.69. The number of nitro benzene ring substituents is 1. The number of nitro groups is 1.